The molecule has 8 heteroatoms. The number of H-pyrrole nitrogens is 2. The van der Waals surface area contributed by atoms with Crippen LogP contribution in [0.2, 0.25) is 0 Å². The number of aliphatic hydroxyl groups excluding tert-OH is 1. The summed E-state index contributed by atoms with van der Waals surface area (Å²) in [4.78, 5) is 11.9. The lowest BCUT2D eigenvalue weighted by Crippen LogP contribution is -2.10. The Kier molecular flexibility index (Phi) is 3.31. The molecule has 1 aromatic carbocycles. The fraction of sp³-hybridized carbons (Fsp3) is 0.188. The Bertz CT molecular complexity index is 966. The molecule has 0 aliphatic carbocycles. The van der Waals surface area contributed by atoms with Gasteiger partial charge in [-0.15, -0.1) is 0 Å². The molecule has 4 aromatic rings. The molecule has 4 rings (SSSR count). The Balaban J connectivity index is 1.66. The zero-order valence-electron chi connectivity index (χ0n) is 13.2. The van der Waals surface area contributed by atoms with Crippen LogP contribution in [0.25, 0.3) is 22.6 Å². The molecule has 1 unspecified atom stereocenters. The van der Waals surface area contributed by atoms with E-state index in [0.717, 1.165) is 11.0 Å². The molecule has 1 atom stereocenters. The van der Waals surface area contributed by atoms with Crippen molar-refractivity contribution < 1.29 is 9.52 Å². The van der Waals surface area contributed by atoms with Crippen molar-refractivity contribution in [1.29, 1.82) is 0 Å². The Labute approximate surface area is 137 Å². The number of hydrogen-bond donors (Lipinski definition) is 4. The zero-order chi connectivity index (χ0) is 16.7. The molecule has 0 saturated heterocycles. The first-order chi connectivity index (χ1) is 11.6. The van der Waals surface area contributed by atoms with Gasteiger partial charge in [-0.05, 0) is 19.1 Å². The van der Waals surface area contributed by atoms with Gasteiger partial charge < -0.3 is 19.8 Å². The first kappa shape index (κ1) is 14.5. The van der Waals surface area contributed by atoms with Crippen LogP contribution in [-0.4, -0.2) is 30.3 Å². The molecule has 0 spiro atoms. The van der Waals surface area contributed by atoms with E-state index in [1.807, 2.05) is 24.3 Å². The van der Waals surface area contributed by atoms with E-state index in [9.17, 15) is 5.11 Å². The number of aromatic amines is 2. The predicted octanol–water partition coefficient (Wildman–Crippen LogP) is 2.66. The SMILES string of the molecule is Cc1nc(C)c(C(O)Nc2c[nH]nc2-c2nc3ccccc3[nH]2)o1. The molecule has 0 amide bonds. The fourth-order valence-corrected chi connectivity index (χ4v) is 2.66. The number of benzene rings is 1. The van der Waals surface area contributed by atoms with Crippen molar-refractivity contribution in [3.05, 3.63) is 47.8 Å². The maximum absolute atomic E-state index is 10.4. The summed E-state index contributed by atoms with van der Waals surface area (Å²) in [6, 6.07) is 7.73. The second kappa shape index (κ2) is 5.50. The van der Waals surface area contributed by atoms with Gasteiger partial charge in [-0.1, -0.05) is 12.1 Å². The van der Waals surface area contributed by atoms with E-state index >= 15 is 0 Å². The number of anilines is 1. The minimum absolute atomic E-state index is 0.379. The molecule has 0 fully saturated rings. The maximum atomic E-state index is 10.4. The van der Waals surface area contributed by atoms with Crippen molar-refractivity contribution in [1.82, 2.24) is 25.1 Å². The number of hydrogen-bond acceptors (Lipinski definition) is 6. The summed E-state index contributed by atoms with van der Waals surface area (Å²) in [5, 5.41) is 20.4. The Morgan fingerprint density at radius 1 is 1.21 bits per heavy atom. The van der Waals surface area contributed by atoms with Crippen LogP contribution in [0.3, 0.4) is 0 Å². The average molecular weight is 324 g/mol. The average Bonchev–Trinajstić information content (AvgIpc) is 3.24. The van der Waals surface area contributed by atoms with Crippen LogP contribution in [0.1, 0.15) is 23.6 Å². The monoisotopic (exact) mass is 324 g/mol. The van der Waals surface area contributed by atoms with Crippen LogP contribution in [0.4, 0.5) is 5.69 Å². The number of aromatic nitrogens is 5. The lowest BCUT2D eigenvalue weighted by atomic mass is 10.3. The van der Waals surface area contributed by atoms with E-state index in [1.54, 1.807) is 20.0 Å². The number of oxazole rings is 1. The van der Waals surface area contributed by atoms with Gasteiger partial charge in [-0.25, -0.2) is 9.97 Å². The smallest absolute Gasteiger partial charge is 0.191 e. The largest absolute Gasteiger partial charge is 0.441 e. The highest BCUT2D eigenvalue weighted by Crippen LogP contribution is 2.28. The van der Waals surface area contributed by atoms with Gasteiger partial charge in [0.25, 0.3) is 0 Å². The highest BCUT2D eigenvalue weighted by Gasteiger charge is 2.20. The van der Waals surface area contributed by atoms with Crippen molar-refractivity contribution in [2.24, 2.45) is 0 Å². The summed E-state index contributed by atoms with van der Waals surface area (Å²) in [6.07, 6.45) is 0.622. The molecule has 0 radical (unpaired) electrons. The summed E-state index contributed by atoms with van der Waals surface area (Å²) in [5.41, 5.74) is 3.60. The summed E-state index contributed by atoms with van der Waals surface area (Å²) in [6.45, 7) is 3.52. The van der Waals surface area contributed by atoms with Gasteiger partial charge in [0.05, 0.1) is 22.4 Å². The van der Waals surface area contributed by atoms with Gasteiger partial charge in [-0.2, -0.15) is 5.10 Å². The number of rotatable bonds is 4. The fourth-order valence-electron chi connectivity index (χ4n) is 2.66. The summed E-state index contributed by atoms with van der Waals surface area (Å²) < 4.78 is 5.44. The number of nitrogens with zero attached hydrogens (tertiary/aromatic N) is 3. The van der Waals surface area contributed by atoms with Gasteiger partial charge in [0.1, 0.15) is 0 Å². The van der Waals surface area contributed by atoms with E-state index < -0.39 is 6.23 Å². The molecule has 24 heavy (non-hydrogen) atoms. The minimum atomic E-state index is -1.04. The second-order valence-electron chi connectivity index (χ2n) is 5.48. The van der Waals surface area contributed by atoms with Gasteiger partial charge >= 0.3 is 0 Å². The highest BCUT2D eigenvalue weighted by atomic mass is 16.4. The predicted molar refractivity (Wildman–Crippen MR) is 88.2 cm³/mol. The van der Waals surface area contributed by atoms with Crippen LogP contribution in [-0.2, 0) is 0 Å². The van der Waals surface area contributed by atoms with Crippen molar-refractivity contribution in [2.45, 2.75) is 20.1 Å². The quantitative estimate of drug-likeness (QED) is 0.429. The number of aryl methyl sites for hydroxylation is 2. The van der Waals surface area contributed by atoms with E-state index in [2.05, 4.69) is 30.5 Å². The van der Waals surface area contributed by atoms with E-state index in [-0.39, 0.29) is 0 Å². The summed E-state index contributed by atoms with van der Waals surface area (Å²) in [5.74, 6) is 1.50. The van der Waals surface area contributed by atoms with Crippen LogP contribution in [0, 0.1) is 13.8 Å². The Hall–Kier alpha value is -3.13. The van der Waals surface area contributed by atoms with Gasteiger partial charge in [0, 0.05) is 13.1 Å². The molecular formula is C16H16N6O2. The van der Waals surface area contributed by atoms with Crippen molar-refractivity contribution >= 4 is 16.7 Å². The highest BCUT2D eigenvalue weighted by molar-refractivity contribution is 5.81. The van der Waals surface area contributed by atoms with Crippen LogP contribution in [0.5, 0.6) is 0 Å². The first-order valence-electron chi connectivity index (χ1n) is 7.49. The molecule has 0 aliphatic heterocycles. The third kappa shape index (κ3) is 2.42. The molecule has 8 nitrogen and oxygen atoms in total. The number of nitrogens with one attached hydrogen (secondary N) is 3. The molecular weight excluding hydrogens is 308 g/mol. The van der Waals surface area contributed by atoms with Gasteiger partial charge in [0.2, 0.25) is 0 Å². The standard InChI is InChI=1S/C16H16N6O2/c1-8-14(24-9(2)18-8)16(23)21-12-7-17-22-13(12)15-19-10-5-3-4-6-11(10)20-15/h3-7,16,21,23H,1-2H3,(H,17,22)(H,19,20). The van der Waals surface area contributed by atoms with Crippen LogP contribution in [0.15, 0.2) is 34.9 Å². The Morgan fingerprint density at radius 3 is 2.79 bits per heavy atom. The van der Waals surface area contributed by atoms with E-state index in [0.29, 0.717) is 34.6 Å². The Morgan fingerprint density at radius 2 is 2.04 bits per heavy atom. The minimum Gasteiger partial charge on any atom is -0.441 e. The van der Waals surface area contributed by atoms with E-state index in [4.69, 9.17) is 4.42 Å². The van der Waals surface area contributed by atoms with Crippen LogP contribution < -0.4 is 5.32 Å². The molecule has 122 valence electrons. The number of aliphatic hydroxyl groups is 1. The third-order valence-electron chi connectivity index (χ3n) is 3.73. The lowest BCUT2D eigenvalue weighted by molar-refractivity contribution is 0.175. The number of fused-ring (bicyclic) bond motifs is 1. The van der Waals surface area contributed by atoms with Gasteiger partial charge in [0.15, 0.2) is 29.4 Å². The second-order valence-corrected chi connectivity index (χ2v) is 5.48. The topological polar surface area (TPSA) is 116 Å². The van der Waals surface area contributed by atoms with Gasteiger partial charge in [-0.3, -0.25) is 5.10 Å². The zero-order valence-corrected chi connectivity index (χ0v) is 13.2. The number of para-hydroxylation sites is 2. The summed E-state index contributed by atoms with van der Waals surface area (Å²) >= 11 is 0. The maximum Gasteiger partial charge on any atom is 0.191 e. The molecule has 3 heterocycles. The summed E-state index contributed by atoms with van der Waals surface area (Å²) in [7, 11) is 0. The van der Waals surface area contributed by atoms with E-state index in [1.165, 1.54) is 0 Å². The van der Waals surface area contributed by atoms with Crippen LogP contribution >= 0.6 is 0 Å². The third-order valence-corrected chi connectivity index (χ3v) is 3.73. The number of imidazole rings is 1. The molecule has 0 bridgehead atoms. The van der Waals surface area contributed by atoms with Crippen molar-refractivity contribution in [3.8, 4) is 11.5 Å². The molecule has 0 saturated carbocycles. The first-order valence-corrected chi connectivity index (χ1v) is 7.49. The molecule has 4 N–H and O–H groups in total. The molecule has 0 aliphatic rings. The van der Waals surface area contributed by atoms with Crippen molar-refractivity contribution in [3.63, 3.8) is 0 Å². The normalized spacial score (nSPS) is 12.6. The molecule has 3 aromatic heterocycles. The lowest BCUT2D eigenvalue weighted by Gasteiger charge is -2.11. The van der Waals surface area contributed by atoms with Crippen molar-refractivity contribution in [2.75, 3.05) is 5.32 Å².